The Balaban J connectivity index is 1.51. The number of hydrogen-bond acceptors (Lipinski definition) is 5. The van der Waals surface area contributed by atoms with Crippen LogP contribution in [0, 0.1) is 5.92 Å². The molecule has 1 saturated heterocycles. The predicted octanol–water partition coefficient (Wildman–Crippen LogP) is 2.14. The van der Waals surface area contributed by atoms with Gasteiger partial charge in [0, 0.05) is 36.7 Å². The second kappa shape index (κ2) is 5.91. The summed E-state index contributed by atoms with van der Waals surface area (Å²) < 4.78 is 9.21. The average molecular weight is 352 g/mol. The number of amides is 1. The molecule has 1 amide bonds. The third kappa shape index (κ3) is 2.66. The molecule has 8 heteroatoms. The van der Waals surface area contributed by atoms with Crippen LogP contribution in [0.15, 0.2) is 24.7 Å². The third-order valence-corrected chi connectivity index (χ3v) is 5.09. The van der Waals surface area contributed by atoms with Crippen LogP contribution in [0.3, 0.4) is 0 Å². The number of fused-ring (bicyclic) bond motifs is 1. The molecule has 1 atom stereocenters. The fraction of sp³-hybridized carbons (Fsp3) is 0.444. The molecule has 1 aliphatic heterocycles. The fourth-order valence-electron chi connectivity index (χ4n) is 3.40. The topological polar surface area (TPSA) is 86.9 Å². The van der Waals surface area contributed by atoms with E-state index in [2.05, 4.69) is 20.5 Å². The van der Waals surface area contributed by atoms with E-state index in [1.165, 1.54) is 0 Å². The molecule has 8 nitrogen and oxygen atoms in total. The van der Waals surface area contributed by atoms with Crippen molar-refractivity contribution >= 4 is 22.6 Å². The van der Waals surface area contributed by atoms with Gasteiger partial charge in [-0.1, -0.05) is 0 Å². The molecule has 3 aromatic heterocycles. The Morgan fingerprint density at radius 3 is 2.96 bits per heavy atom. The normalized spacial score (nSPS) is 20.0. The number of carbonyl (C=O) groups excluding carboxylic acids is 1. The van der Waals surface area contributed by atoms with Crippen LogP contribution in [-0.4, -0.2) is 43.7 Å². The van der Waals surface area contributed by atoms with Gasteiger partial charge in [0.05, 0.1) is 30.6 Å². The molecule has 4 heterocycles. The molecule has 1 aliphatic carbocycles. The summed E-state index contributed by atoms with van der Waals surface area (Å²) in [5.41, 5.74) is 2.71. The van der Waals surface area contributed by atoms with Crippen molar-refractivity contribution in [2.45, 2.75) is 25.3 Å². The van der Waals surface area contributed by atoms with Gasteiger partial charge in [0.1, 0.15) is 11.5 Å². The largest absolute Gasteiger partial charge is 0.379 e. The predicted molar refractivity (Wildman–Crippen MR) is 95.6 cm³/mol. The summed E-state index contributed by atoms with van der Waals surface area (Å²) in [6, 6.07) is 2.18. The summed E-state index contributed by atoms with van der Waals surface area (Å²) in [6.45, 7) is 1.48. The van der Waals surface area contributed by atoms with E-state index in [-0.39, 0.29) is 17.9 Å². The summed E-state index contributed by atoms with van der Waals surface area (Å²) in [7, 11) is 1.89. The lowest BCUT2D eigenvalue weighted by Crippen LogP contribution is -2.14. The van der Waals surface area contributed by atoms with Crippen LogP contribution in [0.2, 0.25) is 0 Å². The summed E-state index contributed by atoms with van der Waals surface area (Å²) in [6.07, 6.45) is 8.52. The highest BCUT2D eigenvalue weighted by Crippen LogP contribution is 2.32. The quantitative estimate of drug-likeness (QED) is 0.777. The molecular weight excluding hydrogens is 332 g/mol. The molecule has 1 N–H and O–H groups in total. The van der Waals surface area contributed by atoms with Crippen LogP contribution in [0.4, 0.5) is 5.82 Å². The number of anilines is 1. The van der Waals surface area contributed by atoms with E-state index in [4.69, 9.17) is 4.74 Å². The van der Waals surface area contributed by atoms with Crippen LogP contribution < -0.4 is 5.32 Å². The number of rotatable bonds is 4. The molecule has 5 rings (SSSR count). The van der Waals surface area contributed by atoms with Crippen LogP contribution >= 0.6 is 0 Å². The number of carbonyl (C=O) groups is 1. The standard InChI is InChI=1S/C18H20N6O2/c1-23-15-8-19-16(21-18(25)11-2-3-11)6-14(15)17(22-23)12-7-20-24(9-12)13-4-5-26-10-13/h6-9,11,13H,2-5,10H2,1H3,(H,19,21,25)/t13-/m1/s1. The molecule has 0 spiro atoms. The minimum Gasteiger partial charge on any atom is -0.379 e. The summed E-state index contributed by atoms with van der Waals surface area (Å²) in [5.74, 6) is 0.768. The number of nitrogens with one attached hydrogen (secondary N) is 1. The van der Waals surface area contributed by atoms with Crippen LogP contribution in [-0.2, 0) is 16.6 Å². The second-order valence-electron chi connectivity index (χ2n) is 7.05. The zero-order valence-electron chi connectivity index (χ0n) is 14.6. The van der Waals surface area contributed by atoms with Gasteiger partial charge in [0.15, 0.2) is 0 Å². The maximum absolute atomic E-state index is 12.0. The van der Waals surface area contributed by atoms with Gasteiger partial charge in [0.25, 0.3) is 0 Å². The molecule has 0 unspecified atom stereocenters. The van der Waals surface area contributed by atoms with Crippen LogP contribution in [0.1, 0.15) is 25.3 Å². The van der Waals surface area contributed by atoms with Gasteiger partial charge in [-0.05, 0) is 25.3 Å². The van der Waals surface area contributed by atoms with Gasteiger partial charge in [-0.15, -0.1) is 0 Å². The first-order valence-corrected chi connectivity index (χ1v) is 8.95. The first-order valence-electron chi connectivity index (χ1n) is 8.95. The second-order valence-corrected chi connectivity index (χ2v) is 7.05. The number of ether oxygens (including phenoxy) is 1. The van der Waals surface area contributed by atoms with Crippen molar-refractivity contribution < 1.29 is 9.53 Å². The molecule has 0 bridgehead atoms. The van der Waals surface area contributed by atoms with E-state index in [1.54, 1.807) is 10.9 Å². The van der Waals surface area contributed by atoms with Crippen molar-refractivity contribution in [1.82, 2.24) is 24.5 Å². The highest BCUT2D eigenvalue weighted by Gasteiger charge is 2.30. The Hall–Kier alpha value is -2.74. The van der Waals surface area contributed by atoms with Crippen molar-refractivity contribution in [1.29, 1.82) is 0 Å². The Labute approximate surface area is 150 Å². The van der Waals surface area contributed by atoms with Gasteiger partial charge < -0.3 is 10.1 Å². The first-order chi connectivity index (χ1) is 12.7. The molecule has 26 heavy (non-hydrogen) atoms. The molecule has 2 aliphatic rings. The van der Waals surface area contributed by atoms with E-state index in [0.717, 1.165) is 48.0 Å². The van der Waals surface area contributed by atoms with Crippen molar-refractivity contribution in [3.63, 3.8) is 0 Å². The van der Waals surface area contributed by atoms with E-state index >= 15 is 0 Å². The lowest BCUT2D eigenvalue weighted by Gasteiger charge is -2.06. The average Bonchev–Trinajstić information content (AvgIpc) is 3.04. The number of aromatic nitrogens is 5. The number of nitrogens with zero attached hydrogens (tertiary/aromatic N) is 5. The number of aryl methyl sites for hydroxylation is 1. The fourth-order valence-corrected chi connectivity index (χ4v) is 3.40. The van der Waals surface area contributed by atoms with Gasteiger partial charge in [0.2, 0.25) is 5.91 Å². The van der Waals surface area contributed by atoms with Crippen molar-refractivity contribution in [2.24, 2.45) is 13.0 Å². The van der Waals surface area contributed by atoms with Crippen molar-refractivity contribution in [3.8, 4) is 11.3 Å². The SMILES string of the molecule is Cn1nc(-c2cnn([C@@H]3CCOC3)c2)c2cc(NC(=O)C3CC3)ncc21. The van der Waals surface area contributed by atoms with Gasteiger partial charge in [-0.2, -0.15) is 10.2 Å². The Kier molecular flexibility index (Phi) is 3.53. The third-order valence-electron chi connectivity index (χ3n) is 5.09. The van der Waals surface area contributed by atoms with Gasteiger partial charge in [-0.3, -0.25) is 14.2 Å². The molecule has 0 radical (unpaired) electrons. The summed E-state index contributed by atoms with van der Waals surface area (Å²) >= 11 is 0. The van der Waals surface area contributed by atoms with Gasteiger partial charge >= 0.3 is 0 Å². The lowest BCUT2D eigenvalue weighted by atomic mass is 10.1. The molecule has 1 saturated carbocycles. The smallest absolute Gasteiger partial charge is 0.228 e. The highest BCUT2D eigenvalue weighted by atomic mass is 16.5. The van der Waals surface area contributed by atoms with Crippen LogP contribution in [0.5, 0.6) is 0 Å². The first kappa shape index (κ1) is 15.5. The minimum absolute atomic E-state index is 0.0522. The van der Waals surface area contributed by atoms with Gasteiger partial charge in [-0.25, -0.2) is 4.98 Å². The summed E-state index contributed by atoms with van der Waals surface area (Å²) in [4.78, 5) is 16.4. The number of pyridine rings is 1. The molecule has 3 aromatic rings. The molecular formula is C18H20N6O2. The Bertz CT molecular complexity index is 981. The zero-order valence-corrected chi connectivity index (χ0v) is 14.6. The zero-order chi connectivity index (χ0) is 17.7. The van der Waals surface area contributed by atoms with E-state index in [9.17, 15) is 4.79 Å². The molecule has 134 valence electrons. The maximum Gasteiger partial charge on any atom is 0.228 e. The molecule has 2 fully saturated rings. The Morgan fingerprint density at radius 1 is 1.31 bits per heavy atom. The lowest BCUT2D eigenvalue weighted by molar-refractivity contribution is -0.117. The highest BCUT2D eigenvalue weighted by molar-refractivity contribution is 5.98. The van der Waals surface area contributed by atoms with E-state index in [0.29, 0.717) is 12.4 Å². The minimum atomic E-state index is 0.0522. The summed E-state index contributed by atoms with van der Waals surface area (Å²) in [5, 5.41) is 13.0. The van der Waals surface area contributed by atoms with Crippen LogP contribution in [0.25, 0.3) is 22.2 Å². The maximum atomic E-state index is 12.0. The molecule has 0 aromatic carbocycles. The van der Waals surface area contributed by atoms with Crippen molar-refractivity contribution in [3.05, 3.63) is 24.7 Å². The number of hydrogen-bond donors (Lipinski definition) is 1. The van der Waals surface area contributed by atoms with E-state index in [1.807, 2.05) is 30.2 Å². The Morgan fingerprint density at radius 2 is 2.19 bits per heavy atom. The monoisotopic (exact) mass is 352 g/mol. The van der Waals surface area contributed by atoms with Crippen molar-refractivity contribution in [2.75, 3.05) is 18.5 Å². The van der Waals surface area contributed by atoms with E-state index < -0.39 is 0 Å².